The minimum absolute atomic E-state index is 0.151. The smallest absolute Gasteiger partial charge is 0.262 e. The van der Waals surface area contributed by atoms with Crippen molar-refractivity contribution in [1.29, 1.82) is 0 Å². The largest absolute Gasteiger partial charge is 0.484 e. The Morgan fingerprint density at radius 2 is 1.72 bits per heavy atom. The van der Waals surface area contributed by atoms with Gasteiger partial charge in [0.25, 0.3) is 5.91 Å². The highest BCUT2D eigenvalue weighted by Gasteiger charge is 2.15. The molecule has 0 unspecified atom stereocenters. The van der Waals surface area contributed by atoms with Gasteiger partial charge < -0.3 is 10.1 Å². The molecule has 7 heteroatoms. The van der Waals surface area contributed by atoms with Crippen molar-refractivity contribution in [2.75, 3.05) is 11.9 Å². The van der Waals surface area contributed by atoms with Crippen molar-refractivity contribution in [2.24, 2.45) is 0 Å². The first-order chi connectivity index (χ1) is 11.8. The predicted molar refractivity (Wildman–Crippen MR) is 97.2 cm³/mol. The second-order valence-electron chi connectivity index (χ2n) is 5.90. The lowest BCUT2D eigenvalue weighted by Gasteiger charge is -2.11. The van der Waals surface area contributed by atoms with Crippen LogP contribution in [0.15, 0.2) is 53.4 Å². The fourth-order valence-corrected chi connectivity index (χ4v) is 3.39. The lowest BCUT2D eigenvalue weighted by Crippen LogP contribution is -2.30. The second-order valence-corrected chi connectivity index (χ2v) is 7.61. The highest BCUT2D eigenvalue weighted by Crippen LogP contribution is 2.17. The zero-order chi connectivity index (χ0) is 18.4. The number of rotatable bonds is 7. The van der Waals surface area contributed by atoms with Crippen LogP contribution in [0.5, 0.6) is 5.75 Å². The molecule has 0 aliphatic heterocycles. The number of nitrogens with one attached hydrogen (secondary N) is 2. The molecule has 0 radical (unpaired) electrons. The summed E-state index contributed by atoms with van der Waals surface area (Å²) in [5.74, 6) is 0.135. The van der Waals surface area contributed by atoms with Gasteiger partial charge in [-0.2, -0.15) is 0 Å². The molecular weight excluding hydrogens is 340 g/mol. The zero-order valence-electron chi connectivity index (χ0n) is 14.4. The van der Waals surface area contributed by atoms with Crippen molar-refractivity contribution < 1.29 is 17.9 Å². The van der Waals surface area contributed by atoms with Gasteiger partial charge in [0.15, 0.2) is 6.61 Å². The molecule has 0 saturated carbocycles. The summed E-state index contributed by atoms with van der Waals surface area (Å²) in [6.45, 7) is 5.25. The van der Waals surface area contributed by atoms with Gasteiger partial charge >= 0.3 is 0 Å². The van der Waals surface area contributed by atoms with Crippen LogP contribution in [0.4, 0.5) is 5.69 Å². The number of hydrogen-bond acceptors (Lipinski definition) is 4. The van der Waals surface area contributed by atoms with Crippen molar-refractivity contribution >= 4 is 21.6 Å². The van der Waals surface area contributed by atoms with Crippen LogP contribution in [0, 0.1) is 6.92 Å². The number of carbonyl (C=O) groups excluding carboxylic acids is 1. The van der Waals surface area contributed by atoms with Gasteiger partial charge in [-0.25, -0.2) is 13.1 Å². The van der Waals surface area contributed by atoms with Crippen LogP contribution in [0.2, 0.25) is 0 Å². The van der Waals surface area contributed by atoms with E-state index in [0.717, 1.165) is 11.3 Å². The molecule has 6 nitrogen and oxygen atoms in total. The minimum Gasteiger partial charge on any atom is -0.484 e. The van der Waals surface area contributed by atoms with Crippen molar-refractivity contribution in [2.45, 2.75) is 31.7 Å². The number of aryl methyl sites for hydroxylation is 1. The van der Waals surface area contributed by atoms with Crippen molar-refractivity contribution in [3.8, 4) is 5.75 Å². The van der Waals surface area contributed by atoms with Crippen LogP contribution in [-0.4, -0.2) is 27.0 Å². The Hall–Kier alpha value is -2.38. The number of amides is 1. The Bertz CT molecular complexity index is 830. The normalized spacial score (nSPS) is 11.4. The molecule has 0 atom stereocenters. The van der Waals surface area contributed by atoms with Gasteiger partial charge in [-0.1, -0.05) is 18.2 Å². The monoisotopic (exact) mass is 362 g/mol. The third-order valence-electron chi connectivity index (χ3n) is 3.31. The van der Waals surface area contributed by atoms with Crippen LogP contribution in [0.25, 0.3) is 0 Å². The molecule has 25 heavy (non-hydrogen) atoms. The van der Waals surface area contributed by atoms with Gasteiger partial charge in [-0.3, -0.25) is 4.79 Å². The summed E-state index contributed by atoms with van der Waals surface area (Å²) < 4.78 is 32.0. The highest BCUT2D eigenvalue weighted by atomic mass is 32.2. The van der Waals surface area contributed by atoms with E-state index in [9.17, 15) is 13.2 Å². The van der Waals surface area contributed by atoms with E-state index in [2.05, 4.69) is 10.0 Å². The molecule has 0 aliphatic carbocycles. The first-order valence-corrected chi connectivity index (χ1v) is 9.37. The first-order valence-electron chi connectivity index (χ1n) is 7.88. The van der Waals surface area contributed by atoms with Crippen molar-refractivity contribution in [1.82, 2.24) is 4.72 Å². The second kappa shape index (κ2) is 8.13. The molecule has 134 valence electrons. The van der Waals surface area contributed by atoms with E-state index >= 15 is 0 Å². The Kier molecular flexibility index (Phi) is 6.17. The number of sulfonamides is 1. The Labute approximate surface area is 148 Å². The number of ether oxygens (including phenoxy) is 1. The summed E-state index contributed by atoms with van der Waals surface area (Å²) in [5.41, 5.74) is 1.69. The Morgan fingerprint density at radius 1 is 1.08 bits per heavy atom. The summed E-state index contributed by atoms with van der Waals surface area (Å²) in [4.78, 5) is 12.1. The van der Waals surface area contributed by atoms with Crippen LogP contribution in [0.3, 0.4) is 0 Å². The molecule has 0 saturated heterocycles. The van der Waals surface area contributed by atoms with Gasteiger partial charge in [0.05, 0.1) is 4.90 Å². The summed E-state index contributed by atoms with van der Waals surface area (Å²) in [6.07, 6.45) is 0. The SMILES string of the molecule is Cc1ccccc1NC(=O)COc1ccc(S(=O)(=O)NC(C)C)cc1. The van der Waals surface area contributed by atoms with Gasteiger partial charge in [0.2, 0.25) is 10.0 Å². The third-order valence-corrected chi connectivity index (χ3v) is 4.99. The van der Waals surface area contributed by atoms with E-state index in [-0.39, 0.29) is 23.5 Å². The number of hydrogen-bond donors (Lipinski definition) is 2. The quantitative estimate of drug-likeness (QED) is 0.793. The molecule has 0 spiro atoms. The lowest BCUT2D eigenvalue weighted by atomic mass is 10.2. The van der Waals surface area contributed by atoms with E-state index in [1.165, 1.54) is 24.3 Å². The summed E-state index contributed by atoms with van der Waals surface area (Å²) in [7, 11) is -3.54. The maximum atomic E-state index is 12.0. The average molecular weight is 362 g/mol. The molecule has 2 N–H and O–H groups in total. The van der Waals surface area contributed by atoms with Crippen LogP contribution >= 0.6 is 0 Å². The number of anilines is 1. The maximum absolute atomic E-state index is 12.0. The van der Waals surface area contributed by atoms with Gasteiger partial charge in [0, 0.05) is 11.7 Å². The van der Waals surface area contributed by atoms with E-state index in [0.29, 0.717) is 5.75 Å². The van der Waals surface area contributed by atoms with E-state index < -0.39 is 10.0 Å². The summed E-state index contributed by atoms with van der Waals surface area (Å²) in [5, 5.41) is 2.77. The fraction of sp³-hybridized carbons (Fsp3) is 0.278. The summed E-state index contributed by atoms with van der Waals surface area (Å²) >= 11 is 0. The molecule has 0 heterocycles. The number of carbonyl (C=O) groups is 1. The van der Waals surface area contributed by atoms with E-state index in [1.807, 2.05) is 31.2 Å². The number of para-hydroxylation sites is 1. The van der Waals surface area contributed by atoms with Crippen LogP contribution < -0.4 is 14.8 Å². The van der Waals surface area contributed by atoms with E-state index in [4.69, 9.17) is 4.74 Å². The van der Waals surface area contributed by atoms with Crippen LogP contribution in [0.1, 0.15) is 19.4 Å². The first kappa shape index (κ1) is 19.0. The maximum Gasteiger partial charge on any atom is 0.262 e. The zero-order valence-corrected chi connectivity index (χ0v) is 15.3. The predicted octanol–water partition coefficient (Wildman–Crippen LogP) is 2.70. The van der Waals surface area contributed by atoms with Crippen molar-refractivity contribution in [3.63, 3.8) is 0 Å². The number of benzene rings is 2. The molecule has 0 bridgehead atoms. The molecule has 0 aliphatic rings. The van der Waals surface area contributed by atoms with Gasteiger partial charge in [0.1, 0.15) is 5.75 Å². The van der Waals surface area contributed by atoms with Crippen LogP contribution in [-0.2, 0) is 14.8 Å². The van der Waals surface area contributed by atoms with Gasteiger partial charge in [-0.05, 0) is 56.7 Å². The third kappa shape index (κ3) is 5.58. The topological polar surface area (TPSA) is 84.5 Å². The molecule has 0 aromatic heterocycles. The molecule has 2 aromatic rings. The molecule has 1 amide bonds. The molecular formula is C18H22N2O4S. The molecule has 2 aromatic carbocycles. The molecule has 2 rings (SSSR count). The summed E-state index contributed by atoms with van der Waals surface area (Å²) in [6, 6.07) is 13.2. The van der Waals surface area contributed by atoms with E-state index in [1.54, 1.807) is 13.8 Å². The Morgan fingerprint density at radius 3 is 2.32 bits per heavy atom. The lowest BCUT2D eigenvalue weighted by molar-refractivity contribution is -0.118. The average Bonchev–Trinajstić information content (AvgIpc) is 2.54. The fourth-order valence-electron chi connectivity index (χ4n) is 2.14. The van der Waals surface area contributed by atoms with Crippen molar-refractivity contribution in [3.05, 3.63) is 54.1 Å². The minimum atomic E-state index is -3.54. The highest BCUT2D eigenvalue weighted by molar-refractivity contribution is 7.89. The Balaban J connectivity index is 1.93. The standard InChI is InChI=1S/C18H22N2O4S/c1-13(2)20-25(22,23)16-10-8-15(9-11-16)24-12-18(21)19-17-7-5-4-6-14(17)3/h4-11,13,20H,12H2,1-3H3,(H,19,21). The van der Waals surface area contributed by atoms with Gasteiger partial charge in [-0.15, -0.1) is 0 Å². The molecule has 0 fully saturated rings.